The number of anilines is 2. The Hall–Kier alpha value is -2.28. The number of fused-ring (bicyclic) bond motifs is 2. The van der Waals surface area contributed by atoms with Gasteiger partial charge in [0.2, 0.25) is 0 Å². The molecule has 1 aromatic rings. The van der Waals surface area contributed by atoms with Crippen LogP contribution in [0.2, 0.25) is 0 Å². The largest absolute Gasteiger partial charge is 0.378 e. The minimum Gasteiger partial charge on any atom is -0.378 e. The van der Waals surface area contributed by atoms with Gasteiger partial charge in [0.15, 0.2) is 6.10 Å². The number of carbonyl (C=O) groups is 2. The summed E-state index contributed by atoms with van der Waals surface area (Å²) in [5.41, 5.74) is 2.30. The van der Waals surface area contributed by atoms with Gasteiger partial charge < -0.3 is 25.5 Å². The van der Waals surface area contributed by atoms with Gasteiger partial charge in [-0.3, -0.25) is 4.79 Å². The standard InChI is InChI=1S/C14H16N4O3/c19-12-10-2-1-8(5-11(10)16-13(12)20)17-3-4-18-9(7-17)6-15-14(18)21/h1-2,5,9,12,19H,3-4,6-7H2,(H,15,21)(H,16,20). The number of nitrogens with zero attached hydrogens (tertiary/aromatic N) is 2. The average molecular weight is 288 g/mol. The number of piperazine rings is 1. The first-order valence-corrected chi connectivity index (χ1v) is 7.06. The molecule has 3 aliphatic rings. The zero-order chi connectivity index (χ0) is 14.6. The van der Waals surface area contributed by atoms with Crippen molar-refractivity contribution in [3.8, 4) is 0 Å². The molecule has 0 aliphatic carbocycles. The molecule has 21 heavy (non-hydrogen) atoms. The fraction of sp³-hybridized carbons (Fsp3) is 0.429. The molecule has 2 saturated heterocycles. The first-order valence-electron chi connectivity index (χ1n) is 7.06. The van der Waals surface area contributed by atoms with Gasteiger partial charge in [-0.15, -0.1) is 0 Å². The number of carbonyl (C=O) groups excluding carboxylic acids is 2. The summed E-state index contributed by atoms with van der Waals surface area (Å²) in [6.07, 6.45) is -1.07. The van der Waals surface area contributed by atoms with Crippen LogP contribution in [0.5, 0.6) is 0 Å². The third-order valence-electron chi connectivity index (χ3n) is 4.44. The van der Waals surface area contributed by atoms with Gasteiger partial charge in [0.05, 0.1) is 6.04 Å². The van der Waals surface area contributed by atoms with Gasteiger partial charge in [-0.1, -0.05) is 6.07 Å². The number of aliphatic hydroxyl groups excluding tert-OH is 1. The fourth-order valence-electron chi connectivity index (χ4n) is 3.27. The number of hydrogen-bond acceptors (Lipinski definition) is 4. The van der Waals surface area contributed by atoms with Crippen LogP contribution in [0.3, 0.4) is 0 Å². The van der Waals surface area contributed by atoms with Crippen molar-refractivity contribution < 1.29 is 14.7 Å². The molecule has 7 heteroatoms. The van der Waals surface area contributed by atoms with Gasteiger partial charge in [0.25, 0.3) is 5.91 Å². The van der Waals surface area contributed by atoms with E-state index in [1.54, 1.807) is 6.07 Å². The normalized spacial score (nSPS) is 27.3. The van der Waals surface area contributed by atoms with E-state index in [9.17, 15) is 14.7 Å². The number of hydrogen-bond donors (Lipinski definition) is 3. The molecule has 1 aromatic carbocycles. The molecule has 2 fully saturated rings. The van der Waals surface area contributed by atoms with Gasteiger partial charge in [0.1, 0.15) is 0 Å². The Morgan fingerprint density at radius 1 is 1.24 bits per heavy atom. The molecule has 3 N–H and O–H groups in total. The summed E-state index contributed by atoms with van der Waals surface area (Å²) in [5, 5.41) is 15.3. The highest BCUT2D eigenvalue weighted by Gasteiger charge is 2.36. The molecule has 0 aromatic heterocycles. The van der Waals surface area contributed by atoms with Crippen molar-refractivity contribution in [2.75, 3.05) is 36.4 Å². The van der Waals surface area contributed by atoms with E-state index in [1.165, 1.54) is 0 Å². The van der Waals surface area contributed by atoms with E-state index in [0.29, 0.717) is 24.3 Å². The number of rotatable bonds is 1. The maximum atomic E-state index is 11.6. The summed E-state index contributed by atoms with van der Waals surface area (Å²) in [5.74, 6) is -0.377. The van der Waals surface area contributed by atoms with Crippen molar-refractivity contribution in [3.63, 3.8) is 0 Å². The quantitative estimate of drug-likeness (QED) is 0.673. The van der Waals surface area contributed by atoms with Gasteiger partial charge in [0, 0.05) is 43.1 Å². The third kappa shape index (κ3) is 1.84. The summed E-state index contributed by atoms with van der Waals surface area (Å²) in [4.78, 5) is 27.2. The molecule has 0 bridgehead atoms. The summed E-state index contributed by atoms with van der Waals surface area (Å²) < 4.78 is 0. The molecule has 0 saturated carbocycles. The first kappa shape index (κ1) is 12.5. The first-order chi connectivity index (χ1) is 10.1. The van der Waals surface area contributed by atoms with Crippen LogP contribution in [0.25, 0.3) is 0 Å². The van der Waals surface area contributed by atoms with Crippen LogP contribution in [0.4, 0.5) is 16.2 Å². The van der Waals surface area contributed by atoms with Crippen LogP contribution in [-0.4, -0.2) is 54.2 Å². The van der Waals surface area contributed by atoms with Gasteiger partial charge in [-0.25, -0.2) is 4.79 Å². The lowest BCUT2D eigenvalue weighted by molar-refractivity contribution is -0.123. The minimum atomic E-state index is -1.07. The molecule has 4 rings (SSSR count). The van der Waals surface area contributed by atoms with E-state index in [-0.39, 0.29) is 18.0 Å². The van der Waals surface area contributed by atoms with E-state index in [4.69, 9.17) is 0 Å². The lowest BCUT2D eigenvalue weighted by atomic mass is 10.1. The maximum absolute atomic E-state index is 11.6. The lowest BCUT2D eigenvalue weighted by Gasteiger charge is -2.37. The topological polar surface area (TPSA) is 84.9 Å². The zero-order valence-corrected chi connectivity index (χ0v) is 11.4. The van der Waals surface area contributed by atoms with Crippen molar-refractivity contribution in [1.29, 1.82) is 0 Å². The monoisotopic (exact) mass is 288 g/mol. The zero-order valence-electron chi connectivity index (χ0n) is 11.4. The Morgan fingerprint density at radius 3 is 2.95 bits per heavy atom. The van der Waals surface area contributed by atoms with Crippen LogP contribution in [0.1, 0.15) is 11.7 Å². The van der Waals surface area contributed by atoms with E-state index in [2.05, 4.69) is 15.5 Å². The molecule has 3 heterocycles. The maximum Gasteiger partial charge on any atom is 0.317 e. The van der Waals surface area contributed by atoms with Crippen LogP contribution in [0.15, 0.2) is 18.2 Å². The second kappa shape index (κ2) is 4.36. The summed E-state index contributed by atoms with van der Waals surface area (Å²) in [7, 11) is 0. The Balaban J connectivity index is 1.57. The highest BCUT2D eigenvalue weighted by atomic mass is 16.3. The predicted molar refractivity (Wildman–Crippen MR) is 76.1 cm³/mol. The van der Waals surface area contributed by atoms with Crippen molar-refractivity contribution in [2.45, 2.75) is 12.1 Å². The molecule has 2 unspecified atom stereocenters. The summed E-state index contributed by atoms with van der Waals surface area (Å²) in [6.45, 7) is 2.91. The molecule has 0 spiro atoms. The van der Waals surface area contributed by atoms with Crippen molar-refractivity contribution in [1.82, 2.24) is 10.2 Å². The van der Waals surface area contributed by atoms with Crippen molar-refractivity contribution in [3.05, 3.63) is 23.8 Å². The van der Waals surface area contributed by atoms with E-state index in [1.807, 2.05) is 17.0 Å². The van der Waals surface area contributed by atoms with E-state index in [0.717, 1.165) is 18.8 Å². The highest BCUT2D eigenvalue weighted by molar-refractivity contribution is 6.02. The van der Waals surface area contributed by atoms with Crippen LogP contribution in [0, 0.1) is 0 Å². The number of urea groups is 1. The smallest absolute Gasteiger partial charge is 0.317 e. The molecular weight excluding hydrogens is 272 g/mol. The second-order valence-corrected chi connectivity index (χ2v) is 5.64. The molecule has 2 atom stereocenters. The van der Waals surface area contributed by atoms with Gasteiger partial charge in [-0.05, 0) is 12.1 Å². The molecule has 3 amide bonds. The molecule has 7 nitrogen and oxygen atoms in total. The number of amides is 3. The Kier molecular flexibility index (Phi) is 2.58. The van der Waals surface area contributed by atoms with Crippen LogP contribution < -0.4 is 15.5 Å². The summed E-state index contributed by atoms with van der Waals surface area (Å²) in [6, 6.07) is 5.81. The van der Waals surface area contributed by atoms with Crippen molar-refractivity contribution >= 4 is 23.3 Å². The fourth-order valence-corrected chi connectivity index (χ4v) is 3.27. The third-order valence-corrected chi connectivity index (χ3v) is 4.44. The van der Waals surface area contributed by atoms with Gasteiger partial charge >= 0.3 is 6.03 Å². The highest BCUT2D eigenvalue weighted by Crippen LogP contribution is 2.34. The second-order valence-electron chi connectivity index (χ2n) is 5.64. The molecule has 110 valence electrons. The lowest BCUT2D eigenvalue weighted by Crippen LogP contribution is -2.52. The Morgan fingerprint density at radius 2 is 2.10 bits per heavy atom. The predicted octanol–water partition coefficient (Wildman–Crippen LogP) is -0.114. The van der Waals surface area contributed by atoms with Crippen molar-refractivity contribution in [2.24, 2.45) is 0 Å². The number of aliphatic hydroxyl groups is 1. The minimum absolute atomic E-state index is 0.0176. The average Bonchev–Trinajstić information content (AvgIpc) is 3.00. The van der Waals surface area contributed by atoms with Crippen LogP contribution in [-0.2, 0) is 4.79 Å². The number of nitrogens with one attached hydrogen (secondary N) is 2. The van der Waals surface area contributed by atoms with Gasteiger partial charge in [-0.2, -0.15) is 0 Å². The molecule has 3 aliphatic heterocycles. The Labute approximate surface area is 121 Å². The number of benzene rings is 1. The summed E-state index contributed by atoms with van der Waals surface area (Å²) >= 11 is 0. The molecule has 0 radical (unpaired) electrons. The SMILES string of the molecule is O=C1Nc2cc(N3CCN4C(=O)NCC4C3)ccc2C1O. The Bertz CT molecular complexity index is 633. The molecular formula is C14H16N4O3. The van der Waals surface area contributed by atoms with Crippen LogP contribution >= 0.6 is 0 Å². The van der Waals surface area contributed by atoms with E-state index >= 15 is 0 Å². The van der Waals surface area contributed by atoms with E-state index < -0.39 is 6.10 Å².